The van der Waals surface area contributed by atoms with Gasteiger partial charge in [-0.3, -0.25) is 4.90 Å². The number of ether oxygens (including phenoxy) is 1. The number of benzene rings is 2. The molecule has 1 aromatic heterocycles. The fourth-order valence-electron chi connectivity index (χ4n) is 4.10. The van der Waals surface area contributed by atoms with Crippen molar-refractivity contribution in [3.63, 3.8) is 0 Å². The smallest absolute Gasteiger partial charge is 0.319 e. The lowest BCUT2D eigenvalue weighted by Gasteiger charge is -2.20. The van der Waals surface area contributed by atoms with Crippen LogP contribution in [0.2, 0.25) is 0 Å². The lowest BCUT2D eigenvalue weighted by atomic mass is 9.94. The molecule has 2 amide bonds. The number of aromatic nitrogens is 1. The molecule has 3 aromatic rings. The van der Waals surface area contributed by atoms with Crippen molar-refractivity contribution >= 4 is 11.7 Å². The van der Waals surface area contributed by atoms with Gasteiger partial charge in [-0.1, -0.05) is 65.8 Å². The van der Waals surface area contributed by atoms with Gasteiger partial charge < -0.3 is 19.9 Å². The van der Waals surface area contributed by atoms with E-state index in [2.05, 4.69) is 32.8 Å². The number of amides is 2. The number of carbonyl (C=O) groups excluding carboxylic acids is 1. The lowest BCUT2D eigenvalue weighted by Crippen LogP contribution is -2.42. The summed E-state index contributed by atoms with van der Waals surface area (Å²) in [5.74, 6) is 0.780. The minimum absolute atomic E-state index is 0.0143. The normalized spacial score (nSPS) is 18.8. The molecular weight excluding hydrogens is 392 g/mol. The van der Waals surface area contributed by atoms with Crippen LogP contribution in [0.1, 0.15) is 17.2 Å². The maximum absolute atomic E-state index is 13.0. The number of nitrogens with one attached hydrogen (secondary N) is 2. The number of aryl methyl sites for hydroxylation is 1. The van der Waals surface area contributed by atoms with Gasteiger partial charge in [-0.05, 0) is 12.5 Å². The Morgan fingerprint density at radius 2 is 1.84 bits per heavy atom. The van der Waals surface area contributed by atoms with Crippen molar-refractivity contribution in [2.75, 3.05) is 38.7 Å². The van der Waals surface area contributed by atoms with E-state index in [9.17, 15) is 4.79 Å². The molecule has 2 atom stereocenters. The van der Waals surface area contributed by atoms with Crippen LogP contribution in [0.15, 0.2) is 65.2 Å². The van der Waals surface area contributed by atoms with Gasteiger partial charge in [-0.15, -0.1) is 0 Å². The van der Waals surface area contributed by atoms with Gasteiger partial charge in [-0.2, -0.15) is 0 Å². The van der Waals surface area contributed by atoms with Crippen LogP contribution in [0.4, 0.5) is 10.5 Å². The van der Waals surface area contributed by atoms with E-state index in [1.54, 1.807) is 14.0 Å². The van der Waals surface area contributed by atoms with E-state index < -0.39 is 0 Å². The van der Waals surface area contributed by atoms with E-state index in [-0.39, 0.29) is 18.0 Å². The summed E-state index contributed by atoms with van der Waals surface area (Å²) in [4.78, 5) is 15.3. The Bertz CT molecular complexity index is 991. The van der Waals surface area contributed by atoms with Crippen molar-refractivity contribution in [2.24, 2.45) is 0 Å². The molecule has 7 heteroatoms. The van der Waals surface area contributed by atoms with Gasteiger partial charge in [-0.25, -0.2) is 4.79 Å². The van der Waals surface area contributed by atoms with Crippen molar-refractivity contribution in [1.82, 2.24) is 15.4 Å². The van der Waals surface area contributed by atoms with Gasteiger partial charge in [0.05, 0.1) is 12.6 Å². The first-order valence-corrected chi connectivity index (χ1v) is 10.5. The van der Waals surface area contributed by atoms with Crippen LogP contribution in [0.5, 0.6) is 0 Å². The van der Waals surface area contributed by atoms with Crippen LogP contribution in [-0.2, 0) is 4.74 Å². The highest BCUT2D eigenvalue weighted by Crippen LogP contribution is 2.31. The van der Waals surface area contributed by atoms with Gasteiger partial charge in [0.2, 0.25) is 0 Å². The second-order valence-corrected chi connectivity index (χ2v) is 7.80. The molecule has 0 saturated carbocycles. The van der Waals surface area contributed by atoms with Gasteiger partial charge in [0, 0.05) is 38.2 Å². The molecule has 1 fully saturated rings. The van der Waals surface area contributed by atoms with E-state index in [1.807, 2.05) is 48.5 Å². The number of hydrogen-bond donors (Lipinski definition) is 2. The average molecular weight is 421 g/mol. The summed E-state index contributed by atoms with van der Waals surface area (Å²) < 4.78 is 10.6. The molecule has 0 radical (unpaired) electrons. The van der Waals surface area contributed by atoms with E-state index >= 15 is 0 Å². The second-order valence-electron chi connectivity index (χ2n) is 7.80. The molecule has 1 aliphatic rings. The Morgan fingerprint density at radius 3 is 2.55 bits per heavy atom. The molecule has 4 rings (SSSR count). The van der Waals surface area contributed by atoms with Gasteiger partial charge in [0.15, 0.2) is 5.76 Å². The maximum Gasteiger partial charge on any atom is 0.319 e. The third-order valence-corrected chi connectivity index (χ3v) is 5.70. The molecular formula is C24H28N4O3. The third-order valence-electron chi connectivity index (χ3n) is 5.70. The number of likely N-dealkylation sites (tertiary alicyclic amines) is 1. The van der Waals surface area contributed by atoms with Crippen LogP contribution < -0.4 is 10.6 Å². The van der Waals surface area contributed by atoms with E-state index in [4.69, 9.17) is 9.26 Å². The monoisotopic (exact) mass is 420 g/mol. The SMILES string of the molecule is COCCN1CC(NC(=O)Nc2c(-c3ccccc3)noc2C)C(c2ccccc2)C1. The minimum atomic E-state index is -0.261. The molecule has 2 aromatic carbocycles. The van der Waals surface area contributed by atoms with Crippen LogP contribution in [0, 0.1) is 6.92 Å². The highest BCUT2D eigenvalue weighted by atomic mass is 16.5. The van der Waals surface area contributed by atoms with Crippen molar-refractivity contribution in [2.45, 2.75) is 18.9 Å². The topological polar surface area (TPSA) is 79.6 Å². The largest absolute Gasteiger partial charge is 0.383 e. The van der Waals surface area contributed by atoms with Gasteiger partial charge >= 0.3 is 6.03 Å². The summed E-state index contributed by atoms with van der Waals surface area (Å²) in [5, 5.41) is 10.3. The number of urea groups is 1. The number of anilines is 1. The molecule has 0 bridgehead atoms. The first-order chi connectivity index (χ1) is 15.2. The summed E-state index contributed by atoms with van der Waals surface area (Å²) >= 11 is 0. The Hall–Kier alpha value is -3.16. The first-order valence-electron chi connectivity index (χ1n) is 10.5. The zero-order valence-electron chi connectivity index (χ0n) is 17.9. The van der Waals surface area contributed by atoms with Crippen molar-refractivity contribution in [3.05, 3.63) is 72.0 Å². The Morgan fingerprint density at radius 1 is 1.13 bits per heavy atom. The predicted octanol–water partition coefficient (Wildman–Crippen LogP) is 3.89. The average Bonchev–Trinajstić information content (AvgIpc) is 3.37. The zero-order valence-corrected chi connectivity index (χ0v) is 17.9. The summed E-state index contributed by atoms with van der Waals surface area (Å²) in [6.07, 6.45) is 0. The molecule has 2 unspecified atom stereocenters. The molecule has 1 aliphatic heterocycles. The van der Waals surface area contributed by atoms with Crippen LogP contribution in [-0.4, -0.2) is 55.5 Å². The van der Waals surface area contributed by atoms with Crippen molar-refractivity contribution in [3.8, 4) is 11.3 Å². The molecule has 0 aliphatic carbocycles. The molecule has 0 spiro atoms. The van der Waals surface area contributed by atoms with Gasteiger partial charge in [0.25, 0.3) is 0 Å². The highest BCUT2D eigenvalue weighted by molar-refractivity contribution is 5.94. The minimum Gasteiger partial charge on any atom is -0.383 e. The molecule has 2 N–H and O–H groups in total. The first kappa shape index (κ1) is 21.1. The zero-order chi connectivity index (χ0) is 21.6. The molecule has 2 heterocycles. The Balaban J connectivity index is 1.49. The maximum atomic E-state index is 13.0. The van der Waals surface area contributed by atoms with Crippen LogP contribution in [0.25, 0.3) is 11.3 Å². The van der Waals surface area contributed by atoms with Crippen molar-refractivity contribution < 1.29 is 14.1 Å². The van der Waals surface area contributed by atoms with E-state index in [0.717, 1.165) is 25.2 Å². The number of methoxy groups -OCH3 is 1. The molecule has 31 heavy (non-hydrogen) atoms. The van der Waals surface area contributed by atoms with Gasteiger partial charge in [0.1, 0.15) is 11.4 Å². The molecule has 162 valence electrons. The quantitative estimate of drug-likeness (QED) is 0.606. The standard InChI is InChI=1S/C24H28N4O3/c1-17-22(23(27-31-17)19-11-7-4-8-12-19)26-24(29)25-21-16-28(13-14-30-2)15-20(21)18-9-5-3-6-10-18/h3-12,20-21H,13-16H2,1-2H3,(H2,25,26,29). The number of hydrogen-bond acceptors (Lipinski definition) is 5. The van der Waals surface area contributed by atoms with E-state index in [0.29, 0.717) is 23.7 Å². The number of carbonyl (C=O) groups is 1. The summed E-state index contributed by atoms with van der Waals surface area (Å²) in [6.45, 7) is 4.94. The van der Waals surface area contributed by atoms with Crippen molar-refractivity contribution in [1.29, 1.82) is 0 Å². The number of nitrogens with zero attached hydrogens (tertiary/aromatic N) is 2. The van der Waals surface area contributed by atoms with E-state index in [1.165, 1.54) is 5.56 Å². The predicted molar refractivity (Wildman–Crippen MR) is 120 cm³/mol. The highest BCUT2D eigenvalue weighted by Gasteiger charge is 2.34. The Kier molecular flexibility index (Phi) is 6.64. The summed E-state index contributed by atoms with van der Waals surface area (Å²) in [7, 11) is 1.71. The fraction of sp³-hybridized carbons (Fsp3) is 0.333. The third kappa shape index (κ3) is 4.95. The molecule has 1 saturated heterocycles. The molecule has 7 nitrogen and oxygen atoms in total. The summed E-state index contributed by atoms with van der Waals surface area (Å²) in [6, 6.07) is 19.7. The lowest BCUT2D eigenvalue weighted by molar-refractivity contribution is 0.159. The van der Waals surface area contributed by atoms with Crippen LogP contribution >= 0.6 is 0 Å². The Labute approximate surface area is 182 Å². The summed E-state index contributed by atoms with van der Waals surface area (Å²) in [5.41, 5.74) is 3.33. The fourth-order valence-corrected chi connectivity index (χ4v) is 4.10. The van der Waals surface area contributed by atoms with Crippen LogP contribution in [0.3, 0.4) is 0 Å². The number of rotatable bonds is 7. The second kappa shape index (κ2) is 9.76.